The quantitative estimate of drug-likeness (QED) is 0.795. The van der Waals surface area contributed by atoms with Crippen molar-refractivity contribution in [2.75, 3.05) is 26.1 Å². The number of benzene rings is 1. The number of pyridine rings is 1. The molecule has 2 aromatic rings. The molecule has 0 bridgehead atoms. The summed E-state index contributed by atoms with van der Waals surface area (Å²) in [6.45, 7) is 1.87. The van der Waals surface area contributed by atoms with Crippen LogP contribution in [0.25, 0.3) is 10.9 Å². The van der Waals surface area contributed by atoms with E-state index >= 15 is 0 Å². The van der Waals surface area contributed by atoms with Gasteiger partial charge >= 0.3 is 0 Å². The molecule has 0 radical (unpaired) electrons. The van der Waals surface area contributed by atoms with E-state index in [1.807, 2.05) is 30.3 Å². The lowest BCUT2D eigenvalue weighted by atomic mass is 10.1. The topological polar surface area (TPSA) is 57.4 Å². The molecule has 0 saturated heterocycles. The molecule has 0 fully saturated rings. The predicted molar refractivity (Wildman–Crippen MR) is 72.3 cm³/mol. The van der Waals surface area contributed by atoms with Gasteiger partial charge in [0.2, 0.25) is 0 Å². The van der Waals surface area contributed by atoms with E-state index < -0.39 is 0 Å². The maximum absolute atomic E-state index is 5.91. The smallest absolute Gasteiger partial charge is 0.129 e. The van der Waals surface area contributed by atoms with E-state index in [0.29, 0.717) is 25.6 Å². The number of para-hydroxylation sites is 1. The zero-order valence-corrected chi connectivity index (χ0v) is 10.6. The molecule has 4 nitrogen and oxygen atoms in total. The molecule has 1 aromatic carbocycles. The maximum atomic E-state index is 5.91. The van der Waals surface area contributed by atoms with Crippen molar-refractivity contribution in [1.29, 1.82) is 0 Å². The van der Waals surface area contributed by atoms with Gasteiger partial charge < -0.3 is 15.2 Å². The number of aromatic nitrogens is 1. The number of ether oxygens (including phenoxy) is 2. The molecule has 0 amide bonds. The van der Waals surface area contributed by atoms with Crippen molar-refractivity contribution in [3.63, 3.8) is 0 Å². The Kier molecular flexibility index (Phi) is 4.50. The Morgan fingerprint density at radius 2 is 2.06 bits per heavy atom. The molecule has 4 heteroatoms. The van der Waals surface area contributed by atoms with E-state index in [4.69, 9.17) is 15.2 Å². The Labute approximate surface area is 107 Å². The Balaban J connectivity index is 2.01. The first-order chi connectivity index (χ1) is 8.81. The number of methoxy groups -OCH3 is 1. The number of fused-ring (bicyclic) bond motifs is 1. The summed E-state index contributed by atoms with van der Waals surface area (Å²) in [5.41, 5.74) is 7.76. The molecule has 2 N–H and O–H groups in total. The molecule has 0 unspecified atom stereocenters. The first kappa shape index (κ1) is 12.8. The molecule has 96 valence electrons. The van der Waals surface area contributed by atoms with Gasteiger partial charge in [-0.2, -0.15) is 0 Å². The minimum Gasteiger partial charge on any atom is -0.385 e. The van der Waals surface area contributed by atoms with Crippen molar-refractivity contribution in [1.82, 2.24) is 4.98 Å². The minimum atomic E-state index is 0.493. The van der Waals surface area contributed by atoms with Crippen LogP contribution in [0, 0.1) is 0 Å². The first-order valence-corrected chi connectivity index (χ1v) is 6.02. The van der Waals surface area contributed by atoms with Crippen LogP contribution in [0.4, 0.5) is 5.82 Å². The predicted octanol–water partition coefficient (Wildman–Crippen LogP) is 2.37. The highest BCUT2D eigenvalue weighted by atomic mass is 16.5. The maximum Gasteiger partial charge on any atom is 0.129 e. The van der Waals surface area contributed by atoms with Crippen molar-refractivity contribution in [3.05, 3.63) is 35.9 Å². The van der Waals surface area contributed by atoms with Gasteiger partial charge in [-0.3, -0.25) is 0 Å². The number of nitrogen functional groups attached to an aromatic ring is 1. The second-order valence-electron chi connectivity index (χ2n) is 4.12. The fourth-order valence-corrected chi connectivity index (χ4v) is 1.78. The number of hydrogen-bond acceptors (Lipinski definition) is 4. The van der Waals surface area contributed by atoms with Crippen LogP contribution in [0.3, 0.4) is 0 Å². The average Bonchev–Trinajstić information content (AvgIpc) is 2.39. The number of anilines is 1. The summed E-state index contributed by atoms with van der Waals surface area (Å²) >= 11 is 0. The third-order valence-corrected chi connectivity index (χ3v) is 2.73. The highest BCUT2D eigenvalue weighted by Gasteiger charge is 2.03. The van der Waals surface area contributed by atoms with Crippen LogP contribution in [-0.4, -0.2) is 25.3 Å². The van der Waals surface area contributed by atoms with Gasteiger partial charge in [-0.25, -0.2) is 4.98 Å². The van der Waals surface area contributed by atoms with Crippen molar-refractivity contribution >= 4 is 16.7 Å². The minimum absolute atomic E-state index is 0.493. The van der Waals surface area contributed by atoms with Gasteiger partial charge in [0.25, 0.3) is 0 Å². The van der Waals surface area contributed by atoms with Crippen molar-refractivity contribution < 1.29 is 9.47 Å². The lowest BCUT2D eigenvalue weighted by Gasteiger charge is -2.08. The molecule has 0 spiro atoms. The Hall–Kier alpha value is -1.65. The first-order valence-electron chi connectivity index (χ1n) is 6.02. The average molecular weight is 246 g/mol. The SMILES string of the molecule is COCCCOCc1cc2ccccc2nc1N. The van der Waals surface area contributed by atoms with Crippen LogP contribution in [0.2, 0.25) is 0 Å². The molecule has 0 aliphatic carbocycles. The lowest BCUT2D eigenvalue weighted by molar-refractivity contribution is 0.0931. The Morgan fingerprint density at radius 1 is 1.22 bits per heavy atom. The van der Waals surface area contributed by atoms with Gasteiger partial charge in [-0.05, 0) is 18.6 Å². The summed E-state index contributed by atoms with van der Waals surface area (Å²) in [4.78, 5) is 4.36. The summed E-state index contributed by atoms with van der Waals surface area (Å²) < 4.78 is 10.5. The van der Waals surface area contributed by atoms with Gasteiger partial charge in [0.1, 0.15) is 5.82 Å². The van der Waals surface area contributed by atoms with E-state index in [-0.39, 0.29) is 0 Å². The van der Waals surface area contributed by atoms with Gasteiger partial charge in [0.15, 0.2) is 0 Å². The Morgan fingerprint density at radius 3 is 2.89 bits per heavy atom. The van der Waals surface area contributed by atoms with E-state index in [0.717, 1.165) is 22.9 Å². The third-order valence-electron chi connectivity index (χ3n) is 2.73. The van der Waals surface area contributed by atoms with Crippen LogP contribution in [0.1, 0.15) is 12.0 Å². The van der Waals surface area contributed by atoms with Gasteiger partial charge in [0.05, 0.1) is 12.1 Å². The third kappa shape index (κ3) is 3.18. The molecule has 1 aromatic heterocycles. The second-order valence-corrected chi connectivity index (χ2v) is 4.12. The van der Waals surface area contributed by atoms with Gasteiger partial charge in [0, 0.05) is 31.3 Å². The largest absolute Gasteiger partial charge is 0.385 e. The normalized spacial score (nSPS) is 10.9. The van der Waals surface area contributed by atoms with E-state index in [9.17, 15) is 0 Å². The highest BCUT2D eigenvalue weighted by molar-refractivity contribution is 5.81. The highest BCUT2D eigenvalue weighted by Crippen LogP contribution is 2.18. The zero-order valence-electron chi connectivity index (χ0n) is 10.6. The van der Waals surface area contributed by atoms with E-state index in [1.54, 1.807) is 7.11 Å². The molecule has 0 atom stereocenters. The molecular weight excluding hydrogens is 228 g/mol. The lowest BCUT2D eigenvalue weighted by Crippen LogP contribution is -2.03. The number of rotatable bonds is 6. The number of nitrogens with zero attached hydrogens (tertiary/aromatic N) is 1. The second kappa shape index (κ2) is 6.33. The standard InChI is InChI=1S/C14H18N2O2/c1-17-7-4-8-18-10-12-9-11-5-2-3-6-13(11)16-14(12)15/h2-3,5-6,9H,4,7-8,10H2,1H3,(H2,15,16). The van der Waals surface area contributed by atoms with Crippen LogP contribution < -0.4 is 5.73 Å². The molecule has 0 aliphatic heterocycles. The van der Waals surface area contributed by atoms with Crippen molar-refractivity contribution in [2.24, 2.45) is 0 Å². The summed E-state index contributed by atoms with van der Waals surface area (Å²) in [5, 5.41) is 1.09. The van der Waals surface area contributed by atoms with Gasteiger partial charge in [-0.1, -0.05) is 18.2 Å². The fourth-order valence-electron chi connectivity index (χ4n) is 1.78. The molecule has 18 heavy (non-hydrogen) atoms. The zero-order chi connectivity index (χ0) is 12.8. The monoisotopic (exact) mass is 246 g/mol. The van der Waals surface area contributed by atoms with Crippen LogP contribution in [0.5, 0.6) is 0 Å². The summed E-state index contributed by atoms with van der Waals surface area (Å²) in [5.74, 6) is 0.542. The summed E-state index contributed by atoms with van der Waals surface area (Å²) in [6.07, 6.45) is 0.886. The summed E-state index contributed by atoms with van der Waals surface area (Å²) in [7, 11) is 1.69. The summed E-state index contributed by atoms with van der Waals surface area (Å²) in [6, 6.07) is 9.96. The number of nitrogens with two attached hydrogens (primary N) is 1. The number of hydrogen-bond donors (Lipinski definition) is 1. The van der Waals surface area contributed by atoms with E-state index in [1.165, 1.54) is 0 Å². The molecule has 1 heterocycles. The van der Waals surface area contributed by atoms with Crippen LogP contribution in [-0.2, 0) is 16.1 Å². The van der Waals surface area contributed by atoms with Crippen LogP contribution in [0.15, 0.2) is 30.3 Å². The molecule has 2 rings (SSSR count). The van der Waals surface area contributed by atoms with Crippen molar-refractivity contribution in [2.45, 2.75) is 13.0 Å². The van der Waals surface area contributed by atoms with Crippen LogP contribution >= 0.6 is 0 Å². The van der Waals surface area contributed by atoms with E-state index in [2.05, 4.69) is 4.98 Å². The van der Waals surface area contributed by atoms with Gasteiger partial charge in [-0.15, -0.1) is 0 Å². The van der Waals surface area contributed by atoms with Crippen molar-refractivity contribution in [3.8, 4) is 0 Å². The molecule has 0 saturated carbocycles. The Bertz CT molecular complexity index is 514. The molecular formula is C14H18N2O2. The fraction of sp³-hybridized carbons (Fsp3) is 0.357. The molecule has 0 aliphatic rings.